The molecule has 1 saturated heterocycles. The van der Waals surface area contributed by atoms with E-state index in [0.717, 1.165) is 36.8 Å². The van der Waals surface area contributed by atoms with Crippen molar-refractivity contribution in [1.82, 2.24) is 9.97 Å². The fourth-order valence-corrected chi connectivity index (χ4v) is 2.63. The maximum atomic E-state index is 5.82. The lowest BCUT2D eigenvalue weighted by atomic mass is 9.93. The Morgan fingerprint density at radius 1 is 1.39 bits per heavy atom. The number of rotatable bonds is 3. The molecule has 2 unspecified atom stereocenters. The molecule has 100 valence electrons. The molecule has 2 heterocycles. The highest BCUT2D eigenvalue weighted by Gasteiger charge is 2.25. The molecule has 0 bridgehead atoms. The highest BCUT2D eigenvalue weighted by Crippen LogP contribution is 2.26. The molecule has 0 spiro atoms. The number of aromatic nitrogens is 2. The first kappa shape index (κ1) is 13.3. The zero-order valence-corrected chi connectivity index (χ0v) is 11.7. The van der Waals surface area contributed by atoms with E-state index in [0.29, 0.717) is 12.0 Å². The van der Waals surface area contributed by atoms with Crippen molar-refractivity contribution in [2.24, 2.45) is 11.7 Å². The van der Waals surface area contributed by atoms with Crippen LogP contribution in [0.25, 0.3) is 0 Å². The van der Waals surface area contributed by atoms with E-state index in [1.54, 1.807) is 0 Å². The molecule has 1 aromatic rings. The molecule has 0 aliphatic carbocycles. The molecule has 2 atom stereocenters. The Morgan fingerprint density at radius 2 is 2.17 bits per heavy atom. The summed E-state index contributed by atoms with van der Waals surface area (Å²) in [7, 11) is 0. The van der Waals surface area contributed by atoms with Crippen LogP contribution in [0.2, 0.25) is 0 Å². The first-order valence-electron chi connectivity index (χ1n) is 6.95. The minimum Gasteiger partial charge on any atom is -0.353 e. The number of nitrogens with two attached hydrogens (primary N) is 1. The van der Waals surface area contributed by atoms with Gasteiger partial charge in [-0.3, -0.25) is 0 Å². The third kappa shape index (κ3) is 2.80. The van der Waals surface area contributed by atoms with Gasteiger partial charge in [-0.05, 0) is 45.6 Å². The molecular formula is C14H24N4. The van der Waals surface area contributed by atoms with Crippen molar-refractivity contribution in [2.75, 3.05) is 18.0 Å². The van der Waals surface area contributed by atoms with Gasteiger partial charge in [0.2, 0.25) is 0 Å². The normalized spacial score (nSPS) is 24.3. The van der Waals surface area contributed by atoms with Crippen LogP contribution < -0.4 is 10.6 Å². The quantitative estimate of drug-likeness (QED) is 0.888. The van der Waals surface area contributed by atoms with Crippen LogP contribution in [0.3, 0.4) is 0 Å². The summed E-state index contributed by atoms with van der Waals surface area (Å²) < 4.78 is 0. The number of nitrogens with zero attached hydrogens (tertiary/aromatic N) is 3. The first-order valence-corrected chi connectivity index (χ1v) is 6.95. The van der Waals surface area contributed by atoms with Gasteiger partial charge in [0.1, 0.15) is 11.6 Å². The van der Waals surface area contributed by atoms with Crippen molar-refractivity contribution in [1.29, 1.82) is 0 Å². The summed E-state index contributed by atoms with van der Waals surface area (Å²) in [6.07, 6.45) is 3.39. The average Bonchev–Trinajstić information content (AvgIpc) is 2.38. The fraction of sp³-hybridized carbons (Fsp3) is 0.714. The molecule has 0 amide bonds. The van der Waals surface area contributed by atoms with Gasteiger partial charge in [-0.1, -0.05) is 6.92 Å². The Morgan fingerprint density at radius 3 is 2.83 bits per heavy atom. The van der Waals surface area contributed by atoms with E-state index in [9.17, 15) is 0 Å². The molecule has 0 radical (unpaired) electrons. The SMILES string of the molecule is CCc1cc(N2CC(CN)CCC2C)nc(C)n1. The maximum Gasteiger partial charge on any atom is 0.132 e. The summed E-state index contributed by atoms with van der Waals surface area (Å²) in [5, 5.41) is 0. The highest BCUT2D eigenvalue weighted by atomic mass is 15.2. The van der Waals surface area contributed by atoms with Crippen LogP contribution in [0.5, 0.6) is 0 Å². The smallest absolute Gasteiger partial charge is 0.132 e. The molecule has 0 saturated carbocycles. The predicted molar refractivity (Wildman–Crippen MR) is 74.7 cm³/mol. The van der Waals surface area contributed by atoms with Gasteiger partial charge in [0.15, 0.2) is 0 Å². The largest absolute Gasteiger partial charge is 0.353 e. The van der Waals surface area contributed by atoms with Crippen molar-refractivity contribution >= 4 is 5.82 Å². The lowest BCUT2D eigenvalue weighted by molar-refractivity contribution is 0.371. The van der Waals surface area contributed by atoms with Gasteiger partial charge in [0.05, 0.1) is 0 Å². The molecule has 18 heavy (non-hydrogen) atoms. The van der Waals surface area contributed by atoms with Crippen LogP contribution in [0, 0.1) is 12.8 Å². The summed E-state index contributed by atoms with van der Waals surface area (Å²) in [6.45, 7) is 8.17. The molecule has 1 aliphatic rings. The molecule has 4 nitrogen and oxygen atoms in total. The average molecular weight is 248 g/mol. The van der Waals surface area contributed by atoms with Gasteiger partial charge in [-0.15, -0.1) is 0 Å². The minimum atomic E-state index is 0.548. The van der Waals surface area contributed by atoms with Crippen LogP contribution in [0.4, 0.5) is 5.82 Å². The summed E-state index contributed by atoms with van der Waals surface area (Å²) in [4.78, 5) is 11.4. The molecule has 1 aliphatic heterocycles. The summed E-state index contributed by atoms with van der Waals surface area (Å²) in [6, 6.07) is 2.68. The Labute approximate surface area is 110 Å². The summed E-state index contributed by atoms with van der Waals surface area (Å²) >= 11 is 0. The lowest BCUT2D eigenvalue weighted by Gasteiger charge is -2.38. The van der Waals surface area contributed by atoms with E-state index in [1.807, 2.05) is 6.92 Å². The molecule has 4 heteroatoms. The Kier molecular flexibility index (Phi) is 4.17. The van der Waals surface area contributed by atoms with Crippen LogP contribution >= 0.6 is 0 Å². The molecule has 2 N–H and O–H groups in total. The van der Waals surface area contributed by atoms with Gasteiger partial charge in [0, 0.05) is 24.3 Å². The Bertz CT molecular complexity index is 405. The monoisotopic (exact) mass is 248 g/mol. The van der Waals surface area contributed by atoms with Crippen molar-refractivity contribution in [2.45, 2.75) is 46.1 Å². The topological polar surface area (TPSA) is 55.0 Å². The van der Waals surface area contributed by atoms with Gasteiger partial charge in [-0.25, -0.2) is 9.97 Å². The van der Waals surface area contributed by atoms with E-state index in [-0.39, 0.29) is 0 Å². The molecule has 1 fully saturated rings. The number of hydrogen-bond donors (Lipinski definition) is 1. The number of aryl methyl sites for hydroxylation is 2. The van der Waals surface area contributed by atoms with Crippen molar-refractivity contribution in [3.8, 4) is 0 Å². The second kappa shape index (κ2) is 5.65. The van der Waals surface area contributed by atoms with Gasteiger partial charge >= 0.3 is 0 Å². The summed E-state index contributed by atoms with van der Waals surface area (Å²) in [5.74, 6) is 2.54. The fourth-order valence-electron chi connectivity index (χ4n) is 2.63. The van der Waals surface area contributed by atoms with Gasteiger partial charge in [0.25, 0.3) is 0 Å². The summed E-state index contributed by atoms with van der Waals surface area (Å²) in [5.41, 5.74) is 6.94. The second-order valence-electron chi connectivity index (χ2n) is 5.30. The van der Waals surface area contributed by atoms with Crippen molar-refractivity contribution < 1.29 is 0 Å². The standard InChI is InChI=1S/C14H24N4/c1-4-13-7-14(17-11(3)16-13)18-9-12(8-15)6-5-10(18)2/h7,10,12H,4-6,8-9,15H2,1-3H3. The maximum absolute atomic E-state index is 5.82. The van der Waals surface area contributed by atoms with Gasteiger partial charge < -0.3 is 10.6 Å². The van der Waals surface area contributed by atoms with Crippen LogP contribution in [0.15, 0.2) is 6.07 Å². The van der Waals surface area contributed by atoms with E-state index in [1.165, 1.54) is 12.8 Å². The Balaban J connectivity index is 2.25. The van der Waals surface area contributed by atoms with E-state index >= 15 is 0 Å². The third-order valence-electron chi connectivity index (χ3n) is 3.85. The third-order valence-corrected chi connectivity index (χ3v) is 3.85. The van der Waals surface area contributed by atoms with E-state index in [2.05, 4.69) is 34.8 Å². The molecule has 1 aromatic heterocycles. The molecule has 2 rings (SSSR count). The highest BCUT2D eigenvalue weighted by molar-refractivity contribution is 5.41. The van der Waals surface area contributed by atoms with Crippen molar-refractivity contribution in [3.05, 3.63) is 17.6 Å². The van der Waals surface area contributed by atoms with E-state index in [4.69, 9.17) is 5.73 Å². The van der Waals surface area contributed by atoms with Crippen LogP contribution in [-0.2, 0) is 6.42 Å². The molecular weight excluding hydrogens is 224 g/mol. The zero-order valence-electron chi connectivity index (χ0n) is 11.7. The zero-order chi connectivity index (χ0) is 13.1. The predicted octanol–water partition coefficient (Wildman–Crippen LogP) is 1.91. The lowest BCUT2D eigenvalue weighted by Crippen LogP contribution is -2.44. The number of anilines is 1. The molecule has 0 aromatic carbocycles. The minimum absolute atomic E-state index is 0.548. The van der Waals surface area contributed by atoms with E-state index < -0.39 is 0 Å². The van der Waals surface area contributed by atoms with Gasteiger partial charge in [-0.2, -0.15) is 0 Å². The Hall–Kier alpha value is -1.16. The van der Waals surface area contributed by atoms with Crippen molar-refractivity contribution in [3.63, 3.8) is 0 Å². The first-order chi connectivity index (χ1) is 8.63. The van der Waals surface area contributed by atoms with Crippen LogP contribution in [-0.4, -0.2) is 29.1 Å². The van der Waals surface area contributed by atoms with Crippen LogP contribution in [0.1, 0.15) is 38.2 Å². The number of piperidine rings is 1. The second-order valence-corrected chi connectivity index (χ2v) is 5.30. The number of hydrogen-bond acceptors (Lipinski definition) is 4.